The van der Waals surface area contributed by atoms with E-state index in [9.17, 15) is 24.9 Å². The van der Waals surface area contributed by atoms with Crippen molar-refractivity contribution in [2.75, 3.05) is 20.1 Å². The van der Waals surface area contributed by atoms with Crippen molar-refractivity contribution in [3.05, 3.63) is 122 Å². The summed E-state index contributed by atoms with van der Waals surface area (Å²) in [4.78, 5) is 27.5. The van der Waals surface area contributed by atoms with Gasteiger partial charge in [0.15, 0.2) is 5.43 Å². The molecular formula is C41H49N5O8. The molecule has 0 bridgehead atoms. The summed E-state index contributed by atoms with van der Waals surface area (Å²) < 4.78 is 19.7. The SMILES string of the molecule is C/C=C(/CCNC)C(=O)O[C@@H]1Cc2c(c([C@H](Cc3cccc(O)c3)C3=CCNC(N)=C3)c3oc(CO)cc(=O)c3c2O)O[C@@]1(C)CCC1=CNC(N)C=C1. The summed E-state index contributed by atoms with van der Waals surface area (Å²) in [6, 6.07) is 8.02. The fraction of sp³-hybridized carbons (Fsp3) is 0.366. The number of phenolic OH excluding ortho intramolecular Hbond substituents is 2. The van der Waals surface area contributed by atoms with Gasteiger partial charge >= 0.3 is 5.97 Å². The number of hydrogen-bond donors (Lipinski definition) is 8. The number of nitrogens with one attached hydrogen (secondary N) is 3. The number of hydrogen-bond acceptors (Lipinski definition) is 13. The molecule has 4 atom stereocenters. The Morgan fingerprint density at radius 3 is 2.76 bits per heavy atom. The Bertz CT molecular complexity index is 2130. The van der Waals surface area contributed by atoms with Crippen LogP contribution in [0.4, 0.5) is 0 Å². The summed E-state index contributed by atoms with van der Waals surface area (Å²) in [6.07, 6.45) is 11.6. The largest absolute Gasteiger partial charge is 0.508 e. The summed E-state index contributed by atoms with van der Waals surface area (Å²) >= 11 is 0. The fourth-order valence-corrected chi connectivity index (χ4v) is 7.29. The van der Waals surface area contributed by atoms with E-state index in [0.717, 1.165) is 22.8 Å². The van der Waals surface area contributed by atoms with Crippen molar-refractivity contribution in [3.63, 3.8) is 0 Å². The normalized spacial score (nSPS) is 21.5. The number of nitrogens with two attached hydrogens (primary N) is 2. The number of ether oxygens (including phenoxy) is 2. The lowest BCUT2D eigenvalue weighted by Crippen LogP contribution is -2.51. The van der Waals surface area contributed by atoms with Gasteiger partial charge in [0.05, 0.1) is 12.0 Å². The van der Waals surface area contributed by atoms with Crippen molar-refractivity contribution in [1.82, 2.24) is 16.0 Å². The predicted octanol–water partition coefficient (Wildman–Crippen LogP) is 3.62. The monoisotopic (exact) mass is 739 g/mol. The molecule has 1 aromatic heterocycles. The molecule has 13 heteroatoms. The number of phenols is 2. The van der Waals surface area contributed by atoms with Gasteiger partial charge in [-0.3, -0.25) is 4.79 Å². The Morgan fingerprint density at radius 2 is 2.07 bits per heavy atom. The fourth-order valence-electron chi connectivity index (χ4n) is 7.29. The van der Waals surface area contributed by atoms with Crippen LogP contribution < -0.4 is 37.6 Å². The maximum absolute atomic E-state index is 13.8. The zero-order valence-corrected chi connectivity index (χ0v) is 30.8. The lowest BCUT2D eigenvalue weighted by atomic mass is 9.78. The molecule has 0 radical (unpaired) electrons. The first-order valence-corrected chi connectivity index (χ1v) is 18.2. The van der Waals surface area contributed by atoms with Gasteiger partial charge in [-0.05, 0) is 94.1 Å². The summed E-state index contributed by atoms with van der Waals surface area (Å²) in [5, 5.41) is 41.8. The summed E-state index contributed by atoms with van der Waals surface area (Å²) in [6.45, 7) is 4.09. The van der Waals surface area contributed by atoms with Crippen LogP contribution in [0.5, 0.6) is 17.2 Å². The first-order chi connectivity index (χ1) is 25.9. The molecule has 0 fully saturated rings. The van der Waals surface area contributed by atoms with Crippen molar-refractivity contribution >= 4 is 16.9 Å². The summed E-state index contributed by atoms with van der Waals surface area (Å²) in [5.41, 5.74) is 14.4. The predicted molar refractivity (Wildman–Crippen MR) is 205 cm³/mol. The van der Waals surface area contributed by atoms with E-state index in [1.807, 2.05) is 37.4 Å². The molecule has 0 spiro atoms. The second-order valence-electron chi connectivity index (χ2n) is 14.1. The maximum atomic E-state index is 13.8. The molecule has 286 valence electrons. The molecule has 0 aliphatic carbocycles. The Labute approximate surface area is 313 Å². The van der Waals surface area contributed by atoms with Gasteiger partial charge < -0.3 is 56.6 Å². The molecule has 4 heterocycles. The first kappa shape index (κ1) is 38.2. The van der Waals surface area contributed by atoms with Crippen LogP contribution in [0.25, 0.3) is 11.0 Å². The number of fused-ring (bicyclic) bond motifs is 2. The Hall–Kier alpha value is -5.50. The van der Waals surface area contributed by atoms with Crippen LogP contribution in [0.15, 0.2) is 98.7 Å². The highest BCUT2D eigenvalue weighted by molar-refractivity contribution is 5.92. The highest BCUT2D eigenvalue weighted by Gasteiger charge is 2.47. The molecule has 3 aliphatic heterocycles. The second-order valence-corrected chi connectivity index (χ2v) is 14.1. The van der Waals surface area contributed by atoms with Crippen molar-refractivity contribution < 1.29 is 34.0 Å². The van der Waals surface area contributed by atoms with Gasteiger partial charge in [-0.2, -0.15) is 0 Å². The number of carbonyl (C=O) groups excluding carboxylic acids is 1. The molecule has 2 aromatic carbocycles. The number of aliphatic hydroxyl groups excluding tert-OH is 1. The zero-order valence-electron chi connectivity index (χ0n) is 30.8. The molecule has 3 aromatic rings. The molecule has 54 heavy (non-hydrogen) atoms. The standard InChI is InChI=1S/C41H49N5O8/c1-4-25(11-14-44-3)40(51)53-32-20-30-37(50)36-31(49)19-28(22-47)52-39(36)35(38(30)54-41(32,2)13-10-23-8-9-33(42)46-21-23)29(26-12-15-45-34(43)18-26)17-24-6-5-7-27(48)16-24/h4-9,12,16,18-19,21,29,32-33,44-48,50H,10-11,13-15,17,20,22,42-43H2,1-3H3/b25-4-/t29-,32-,33?,41+/m1/s1. The number of aliphatic hydroxyl groups is 1. The number of aromatic hydroxyl groups is 2. The van der Waals surface area contributed by atoms with E-state index in [0.29, 0.717) is 55.7 Å². The van der Waals surface area contributed by atoms with Gasteiger partial charge in [0, 0.05) is 47.8 Å². The number of esters is 1. The second kappa shape index (κ2) is 16.3. The molecule has 0 amide bonds. The quantitative estimate of drug-likeness (QED) is 0.0931. The number of benzene rings is 2. The average Bonchev–Trinajstić information content (AvgIpc) is 3.15. The van der Waals surface area contributed by atoms with Crippen LogP contribution >= 0.6 is 0 Å². The van der Waals surface area contributed by atoms with Gasteiger partial charge in [-0.15, -0.1) is 0 Å². The van der Waals surface area contributed by atoms with E-state index in [4.69, 9.17) is 25.4 Å². The van der Waals surface area contributed by atoms with E-state index in [-0.39, 0.29) is 52.1 Å². The molecule has 3 aliphatic rings. The van der Waals surface area contributed by atoms with Crippen molar-refractivity contribution in [2.45, 2.75) is 76.3 Å². The number of dihydropyridines is 2. The van der Waals surface area contributed by atoms with E-state index >= 15 is 0 Å². The lowest BCUT2D eigenvalue weighted by molar-refractivity contribution is -0.159. The molecule has 0 saturated heterocycles. The van der Waals surface area contributed by atoms with Gasteiger partial charge in [0.25, 0.3) is 0 Å². The van der Waals surface area contributed by atoms with Crippen molar-refractivity contribution in [3.8, 4) is 17.2 Å². The molecule has 10 N–H and O–H groups in total. The van der Waals surface area contributed by atoms with Crippen molar-refractivity contribution in [2.24, 2.45) is 11.5 Å². The van der Waals surface area contributed by atoms with Crippen molar-refractivity contribution in [1.29, 1.82) is 0 Å². The van der Waals surface area contributed by atoms with Crippen LogP contribution in [0.3, 0.4) is 0 Å². The number of allylic oxidation sites excluding steroid dienone is 5. The van der Waals surface area contributed by atoms with Gasteiger partial charge in [-0.1, -0.05) is 30.4 Å². The topological polar surface area (TPSA) is 215 Å². The van der Waals surface area contributed by atoms with Crippen LogP contribution in [-0.4, -0.2) is 59.3 Å². The average molecular weight is 740 g/mol. The first-order valence-electron chi connectivity index (χ1n) is 18.2. The molecule has 0 saturated carbocycles. The maximum Gasteiger partial charge on any atom is 0.334 e. The number of carbonyl (C=O) groups is 1. The van der Waals surface area contributed by atoms with Gasteiger partial charge in [-0.25, -0.2) is 4.79 Å². The van der Waals surface area contributed by atoms with Crippen LogP contribution in [0.1, 0.15) is 61.5 Å². The van der Waals surface area contributed by atoms with Gasteiger partial charge in [0.1, 0.15) is 52.3 Å². The minimum absolute atomic E-state index is 0.00566. The summed E-state index contributed by atoms with van der Waals surface area (Å²) in [7, 11) is 1.81. The molecule has 1 unspecified atom stereocenters. The Morgan fingerprint density at radius 1 is 1.26 bits per heavy atom. The molecular weight excluding hydrogens is 690 g/mol. The Balaban J connectivity index is 1.57. The third-order valence-corrected chi connectivity index (χ3v) is 10.3. The van der Waals surface area contributed by atoms with Crippen LogP contribution in [0.2, 0.25) is 0 Å². The van der Waals surface area contributed by atoms with E-state index in [1.54, 1.807) is 44.3 Å². The zero-order chi connectivity index (χ0) is 38.6. The van der Waals surface area contributed by atoms with E-state index in [2.05, 4.69) is 16.0 Å². The third-order valence-electron chi connectivity index (χ3n) is 10.3. The van der Waals surface area contributed by atoms with Crippen LogP contribution in [-0.2, 0) is 29.0 Å². The molecule has 13 nitrogen and oxygen atoms in total. The van der Waals surface area contributed by atoms with Gasteiger partial charge in [0.2, 0.25) is 0 Å². The minimum atomic E-state index is -1.16. The number of rotatable bonds is 13. The summed E-state index contributed by atoms with van der Waals surface area (Å²) in [5.74, 6) is -0.650. The lowest BCUT2D eigenvalue weighted by Gasteiger charge is -2.43. The third kappa shape index (κ3) is 8.03. The molecule has 6 rings (SSSR count). The van der Waals surface area contributed by atoms with E-state index < -0.39 is 35.6 Å². The van der Waals surface area contributed by atoms with Crippen LogP contribution in [0, 0.1) is 0 Å². The Kier molecular flexibility index (Phi) is 11.5. The smallest absolute Gasteiger partial charge is 0.334 e. The highest BCUT2D eigenvalue weighted by Crippen LogP contribution is 2.51. The van der Waals surface area contributed by atoms with E-state index in [1.165, 1.54) is 0 Å². The highest BCUT2D eigenvalue weighted by atomic mass is 16.6. The minimum Gasteiger partial charge on any atom is -0.508 e.